The molecule has 0 aliphatic carbocycles. The van der Waals surface area contributed by atoms with Gasteiger partial charge in [-0.15, -0.1) is 0 Å². The van der Waals surface area contributed by atoms with E-state index in [1.165, 1.54) is 0 Å². The highest BCUT2D eigenvalue weighted by atomic mass is 16.5. The smallest absolute Gasteiger partial charge is 0.123 e. The van der Waals surface area contributed by atoms with Crippen LogP contribution in [0.4, 0.5) is 11.4 Å². The first-order valence-electron chi connectivity index (χ1n) is 6.94. The van der Waals surface area contributed by atoms with E-state index in [1.54, 1.807) is 0 Å². The maximum atomic E-state index is 5.97. The average molecular weight is 264 g/mol. The monoisotopic (exact) mass is 264 g/mol. The number of anilines is 2. The van der Waals surface area contributed by atoms with Gasteiger partial charge in [-0.05, 0) is 32.8 Å². The van der Waals surface area contributed by atoms with E-state index in [0.29, 0.717) is 6.04 Å². The number of benzene rings is 1. The summed E-state index contributed by atoms with van der Waals surface area (Å²) in [5.74, 6) is 0.837. The Morgan fingerprint density at radius 1 is 1.26 bits per heavy atom. The zero-order valence-corrected chi connectivity index (χ0v) is 12.1. The molecule has 0 amide bonds. The number of hydrogen-bond donors (Lipinski definition) is 1. The molecule has 0 saturated carbocycles. The first kappa shape index (κ1) is 14.0. The third-order valence-electron chi connectivity index (χ3n) is 3.43. The second-order valence-corrected chi connectivity index (χ2v) is 5.38. The molecule has 0 bridgehead atoms. The van der Waals surface area contributed by atoms with E-state index < -0.39 is 0 Å². The SMILES string of the molecule is CC(C)Oc1cc(N)cc(N(C)C2CCOCC2)c1. The molecule has 0 unspecified atom stereocenters. The Hall–Kier alpha value is -1.42. The van der Waals surface area contributed by atoms with Crippen LogP contribution in [-0.4, -0.2) is 32.4 Å². The molecular formula is C15H24N2O2. The maximum absolute atomic E-state index is 5.97. The molecule has 4 nitrogen and oxygen atoms in total. The molecule has 4 heteroatoms. The van der Waals surface area contributed by atoms with Gasteiger partial charge in [0.1, 0.15) is 5.75 Å². The summed E-state index contributed by atoms with van der Waals surface area (Å²) >= 11 is 0. The number of rotatable bonds is 4. The molecule has 0 atom stereocenters. The molecule has 106 valence electrons. The Morgan fingerprint density at radius 3 is 2.58 bits per heavy atom. The van der Waals surface area contributed by atoms with E-state index in [0.717, 1.165) is 43.2 Å². The van der Waals surface area contributed by atoms with Gasteiger partial charge in [0.15, 0.2) is 0 Å². The van der Waals surface area contributed by atoms with E-state index in [2.05, 4.69) is 18.0 Å². The van der Waals surface area contributed by atoms with Crippen LogP contribution >= 0.6 is 0 Å². The van der Waals surface area contributed by atoms with Crippen LogP contribution in [0, 0.1) is 0 Å². The summed E-state index contributed by atoms with van der Waals surface area (Å²) < 4.78 is 11.2. The topological polar surface area (TPSA) is 47.7 Å². The molecular weight excluding hydrogens is 240 g/mol. The van der Waals surface area contributed by atoms with Crippen LogP contribution in [0.5, 0.6) is 5.75 Å². The van der Waals surface area contributed by atoms with Gasteiger partial charge in [-0.1, -0.05) is 0 Å². The lowest BCUT2D eigenvalue weighted by molar-refractivity contribution is 0.0855. The fourth-order valence-corrected chi connectivity index (χ4v) is 2.43. The van der Waals surface area contributed by atoms with Crippen molar-refractivity contribution >= 4 is 11.4 Å². The Labute approximate surface area is 115 Å². The lowest BCUT2D eigenvalue weighted by Gasteiger charge is -2.33. The lowest BCUT2D eigenvalue weighted by atomic mass is 10.1. The van der Waals surface area contributed by atoms with Gasteiger partial charge in [-0.3, -0.25) is 0 Å². The molecule has 2 rings (SSSR count). The van der Waals surface area contributed by atoms with Crippen LogP contribution in [0.3, 0.4) is 0 Å². The fourth-order valence-electron chi connectivity index (χ4n) is 2.43. The van der Waals surface area contributed by atoms with Crippen LogP contribution < -0.4 is 15.4 Å². The van der Waals surface area contributed by atoms with E-state index in [4.69, 9.17) is 15.2 Å². The first-order valence-corrected chi connectivity index (χ1v) is 6.94. The van der Waals surface area contributed by atoms with Gasteiger partial charge in [-0.25, -0.2) is 0 Å². The van der Waals surface area contributed by atoms with E-state index in [1.807, 2.05) is 26.0 Å². The van der Waals surface area contributed by atoms with E-state index in [9.17, 15) is 0 Å². The van der Waals surface area contributed by atoms with Crippen molar-refractivity contribution in [3.63, 3.8) is 0 Å². The summed E-state index contributed by atoms with van der Waals surface area (Å²) in [5, 5.41) is 0. The summed E-state index contributed by atoms with van der Waals surface area (Å²) in [7, 11) is 2.11. The van der Waals surface area contributed by atoms with Crippen LogP contribution in [0.1, 0.15) is 26.7 Å². The van der Waals surface area contributed by atoms with E-state index in [-0.39, 0.29) is 6.10 Å². The molecule has 1 heterocycles. The van der Waals surface area contributed by atoms with Gasteiger partial charge in [0, 0.05) is 49.8 Å². The van der Waals surface area contributed by atoms with Crippen molar-refractivity contribution in [2.75, 3.05) is 30.9 Å². The highest BCUT2D eigenvalue weighted by Crippen LogP contribution is 2.28. The van der Waals surface area contributed by atoms with Crippen molar-refractivity contribution in [3.05, 3.63) is 18.2 Å². The third kappa shape index (κ3) is 3.77. The van der Waals surface area contributed by atoms with E-state index >= 15 is 0 Å². The second kappa shape index (κ2) is 6.15. The molecule has 19 heavy (non-hydrogen) atoms. The predicted octanol–water partition coefficient (Wildman–Crippen LogP) is 2.67. The Bertz CT molecular complexity index is 415. The molecule has 0 spiro atoms. The fraction of sp³-hybridized carbons (Fsp3) is 0.600. The zero-order valence-electron chi connectivity index (χ0n) is 12.1. The van der Waals surface area contributed by atoms with Crippen LogP contribution in [0.25, 0.3) is 0 Å². The Kier molecular flexibility index (Phi) is 4.53. The molecule has 1 aromatic rings. The number of nitrogens with two attached hydrogens (primary N) is 1. The van der Waals surface area contributed by atoms with Gasteiger partial charge in [0.05, 0.1) is 6.10 Å². The largest absolute Gasteiger partial charge is 0.491 e. The summed E-state index contributed by atoms with van der Waals surface area (Å²) in [4.78, 5) is 2.28. The number of nitrogen functional groups attached to an aromatic ring is 1. The lowest BCUT2D eigenvalue weighted by Crippen LogP contribution is -2.36. The summed E-state index contributed by atoms with van der Waals surface area (Å²) in [6.45, 7) is 5.72. The normalized spacial score (nSPS) is 16.6. The summed E-state index contributed by atoms with van der Waals surface area (Å²) in [6, 6.07) is 6.46. The predicted molar refractivity (Wildman–Crippen MR) is 78.9 cm³/mol. The number of nitrogens with zero attached hydrogens (tertiary/aromatic N) is 1. The van der Waals surface area contributed by atoms with Crippen molar-refractivity contribution in [2.45, 2.75) is 38.8 Å². The molecule has 1 aliphatic heterocycles. The number of ether oxygens (including phenoxy) is 2. The van der Waals surface area contributed by atoms with Crippen molar-refractivity contribution in [3.8, 4) is 5.75 Å². The van der Waals surface area contributed by atoms with Gasteiger partial charge < -0.3 is 20.1 Å². The number of hydrogen-bond acceptors (Lipinski definition) is 4. The maximum Gasteiger partial charge on any atom is 0.123 e. The van der Waals surface area contributed by atoms with Crippen molar-refractivity contribution in [2.24, 2.45) is 0 Å². The molecule has 0 radical (unpaired) electrons. The molecule has 1 saturated heterocycles. The van der Waals surface area contributed by atoms with Gasteiger partial charge in [0.2, 0.25) is 0 Å². The first-order chi connectivity index (χ1) is 9.06. The third-order valence-corrected chi connectivity index (χ3v) is 3.43. The average Bonchev–Trinajstić information content (AvgIpc) is 2.37. The molecule has 2 N–H and O–H groups in total. The quantitative estimate of drug-likeness (QED) is 0.849. The highest BCUT2D eigenvalue weighted by molar-refractivity contribution is 5.60. The highest BCUT2D eigenvalue weighted by Gasteiger charge is 2.19. The van der Waals surface area contributed by atoms with Crippen molar-refractivity contribution in [1.82, 2.24) is 0 Å². The minimum absolute atomic E-state index is 0.156. The minimum atomic E-state index is 0.156. The molecule has 1 fully saturated rings. The van der Waals surface area contributed by atoms with Gasteiger partial charge >= 0.3 is 0 Å². The van der Waals surface area contributed by atoms with Crippen LogP contribution in [-0.2, 0) is 4.74 Å². The second-order valence-electron chi connectivity index (χ2n) is 5.38. The van der Waals surface area contributed by atoms with Crippen LogP contribution in [0.15, 0.2) is 18.2 Å². The standard InChI is InChI=1S/C15H24N2O2/c1-11(2)19-15-9-12(16)8-14(10-15)17(3)13-4-6-18-7-5-13/h8-11,13H,4-7,16H2,1-3H3. The summed E-state index contributed by atoms with van der Waals surface area (Å²) in [5.41, 5.74) is 7.83. The zero-order chi connectivity index (χ0) is 13.8. The van der Waals surface area contributed by atoms with Crippen molar-refractivity contribution < 1.29 is 9.47 Å². The molecule has 1 aromatic carbocycles. The molecule has 0 aromatic heterocycles. The minimum Gasteiger partial charge on any atom is -0.491 e. The van der Waals surface area contributed by atoms with Crippen molar-refractivity contribution in [1.29, 1.82) is 0 Å². The Morgan fingerprint density at radius 2 is 1.95 bits per heavy atom. The van der Waals surface area contributed by atoms with Gasteiger partial charge in [-0.2, -0.15) is 0 Å². The summed E-state index contributed by atoms with van der Waals surface area (Å²) in [6.07, 6.45) is 2.28. The Balaban J connectivity index is 2.15. The van der Waals surface area contributed by atoms with Gasteiger partial charge in [0.25, 0.3) is 0 Å². The molecule has 1 aliphatic rings. The van der Waals surface area contributed by atoms with Crippen LogP contribution in [0.2, 0.25) is 0 Å².